The molecule has 2 fully saturated rings. The van der Waals surface area contributed by atoms with E-state index in [1.54, 1.807) is 13.0 Å². The van der Waals surface area contributed by atoms with E-state index in [0.717, 1.165) is 73.8 Å². The number of piperazine rings is 1. The summed E-state index contributed by atoms with van der Waals surface area (Å²) in [5.41, 5.74) is 5.14. The summed E-state index contributed by atoms with van der Waals surface area (Å²) >= 11 is 0. The number of Topliss-reactive ketones (excluding diaryl/α,β-unsaturated/α-hetero) is 1. The van der Waals surface area contributed by atoms with Crippen molar-refractivity contribution in [3.8, 4) is 0 Å². The van der Waals surface area contributed by atoms with Crippen LogP contribution < -0.4 is 10.2 Å². The monoisotopic (exact) mass is 493 g/mol. The van der Waals surface area contributed by atoms with Crippen molar-refractivity contribution in [3.63, 3.8) is 0 Å². The average Bonchev–Trinajstić information content (AvgIpc) is 2.88. The van der Waals surface area contributed by atoms with Gasteiger partial charge in [-0.25, -0.2) is 4.39 Å². The summed E-state index contributed by atoms with van der Waals surface area (Å²) in [4.78, 5) is 17.0. The number of allylic oxidation sites excluding steroid dienone is 5. The van der Waals surface area contributed by atoms with E-state index in [2.05, 4.69) is 40.4 Å². The zero-order valence-electron chi connectivity index (χ0n) is 22.7. The molecule has 4 nitrogen and oxygen atoms in total. The topological polar surface area (TPSA) is 35.6 Å². The molecule has 36 heavy (non-hydrogen) atoms. The molecule has 0 atom stereocenters. The van der Waals surface area contributed by atoms with Gasteiger partial charge in [-0.05, 0) is 102 Å². The first-order valence-corrected chi connectivity index (χ1v) is 13.4. The van der Waals surface area contributed by atoms with Crippen LogP contribution in [0, 0.1) is 5.92 Å². The van der Waals surface area contributed by atoms with Crippen molar-refractivity contribution in [2.24, 2.45) is 5.92 Å². The third-order valence-electron chi connectivity index (χ3n) is 7.76. The van der Waals surface area contributed by atoms with Crippen LogP contribution in [0.5, 0.6) is 0 Å². The van der Waals surface area contributed by atoms with E-state index in [1.807, 2.05) is 32.9 Å². The summed E-state index contributed by atoms with van der Waals surface area (Å²) in [7, 11) is 0. The van der Waals surface area contributed by atoms with Crippen LogP contribution in [0.25, 0.3) is 5.57 Å². The van der Waals surface area contributed by atoms with Crippen LogP contribution in [0.3, 0.4) is 0 Å². The van der Waals surface area contributed by atoms with Gasteiger partial charge < -0.3 is 10.2 Å². The van der Waals surface area contributed by atoms with Crippen LogP contribution in [0.2, 0.25) is 0 Å². The molecule has 0 unspecified atom stereocenters. The van der Waals surface area contributed by atoms with Crippen LogP contribution in [0.1, 0.15) is 75.7 Å². The van der Waals surface area contributed by atoms with Gasteiger partial charge in [-0.15, -0.1) is 0 Å². The van der Waals surface area contributed by atoms with Gasteiger partial charge in [0.1, 0.15) is 5.83 Å². The Bertz CT molecular complexity index is 1010. The maximum Gasteiger partial charge on any atom is 0.160 e. The van der Waals surface area contributed by atoms with Gasteiger partial charge >= 0.3 is 0 Å². The van der Waals surface area contributed by atoms with Crippen molar-refractivity contribution >= 4 is 17.0 Å². The molecule has 1 saturated carbocycles. The van der Waals surface area contributed by atoms with E-state index in [1.165, 1.54) is 24.9 Å². The number of hydrogen-bond acceptors (Lipinski definition) is 4. The SMILES string of the molecule is C=C(NC1CCC(CCN2CCN(c3ccc(C(C)=O)c(C(=C)C)c3)CC2)CC1)/C(F)=C\C(C)=C/C. The predicted octanol–water partition coefficient (Wildman–Crippen LogP) is 6.92. The fraction of sp³-hybridized carbons (Fsp3) is 0.516. The predicted molar refractivity (Wildman–Crippen MR) is 151 cm³/mol. The molecule has 5 heteroatoms. The second kappa shape index (κ2) is 13.0. The summed E-state index contributed by atoms with van der Waals surface area (Å²) in [5, 5.41) is 3.31. The summed E-state index contributed by atoms with van der Waals surface area (Å²) in [6.45, 7) is 20.6. The average molecular weight is 494 g/mol. The van der Waals surface area contributed by atoms with E-state index in [-0.39, 0.29) is 11.6 Å². The summed E-state index contributed by atoms with van der Waals surface area (Å²) < 4.78 is 14.3. The minimum Gasteiger partial charge on any atom is -0.380 e. The first-order chi connectivity index (χ1) is 17.2. The number of rotatable bonds is 10. The summed E-state index contributed by atoms with van der Waals surface area (Å²) in [6, 6.07) is 6.46. The number of hydrogen-bond donors (Lipinski definition) is 1. The molecule has 3 rings (SSSR count). The Morgan fingerprint density at radius 2 is 1.72 bits per heavy atom. The van der Waals surface area contributed by atoms with Crippen molar-refractivity contribution in [1.29, 1.82) is 0 Å². The largest absolute Gasteiger partial charge is 0.380 e. The van der Waals surface area contributed by atoms with Gasteiger partial charge in [0.15, 0.2) is 5.78 Å². The molecule has 1 N–H and O–H groups in total. The number of benzene rings is 1. The van der Waals surface area contributed by atoms with Crippen molar-refractivity contribution in [2.75, 3.05) is 37.6 Å². The van der Waals surface area contributed by atoms with Crippen LogP contribution >= 0.6 is 0 Å². The number of carbonyl (C=O) groups excluding carboxylic acids is 1. The molecule has 2 aliphatic rings. The van der Waals surface area contributed by atoms with E-state index >= 15 is 0 Å². The van der Waals surface area contributed by atoms with Crippen molar-refractivity contribution in [1.82, 2.24) is 10.2 Å². The third kappa shape index (κ3) is 7.67. The Labute approximate surface area is 217 Å². The second-order valence-electron chi connectivity index (χ2n) is 10.5. The Morgan fingerprint density at radius 3 is 2.31 bits per heavy atom. The number of halogens is 1. The summed E-state index contributed by atoms with van der Waals surface area (Å²) in [5.74, 6) is 0.567. The third-order valence-corrected chi connectivity index (χ3v) is 7.76. The summed E-state index contributed by atoms with van der Waals surface area (Å²) in [6.07, 6.45) is 9.21. The zero-order valence-corrected chi connectivity index (χ0v) is 22.7. The number of nitrogens with zero attached hydrogens (tertiary/aromatic N) is 2. The molecule has 1 saturated heterocycles. The Balaban J connectivity index is 1.40. The van der Waals surface area contributed by atoms with Gasteiger partial charge in [0, 0.05) is 43.5 Å². The molecule has 1 aliphatic heterocycles. The molecule has 196 valence electrons. The van der Waals surface area contributed by atoms with Gasteiger partial charge in [-0.2, -0.15) is 0 Å². The molecule has 0 amide bonds. The first kappa shape index (κ1) is 27.9. The molecule has 1 aromatic rings. The normalized spacial score (nSPS) is 21.9. The Kier molecular flexibility index (Phi) is 10.1. The second-order valence-corrected chi connectivity index (χ2v) is 10.5. The van der Waals surface area contributed by atoms with Crippen LogP contribution in [0.15, 0.2) is 60.6 Å². The zero-order chi connectivity index (χ0) is 26.2. The van der Waals surface area contributed by atoms with Crippen molar-refractivity contribution in [3.05, 3.63) is 71.7 Å². The highest BCUT2D eigenvalue weighted by Crippen LogP contribution is 2.29. The minimum atomic E-state index is -0.266. The van der Waals surface area contributed by atoms with Gasteiger partial charge in [0.25, 0.3) is 0 Å². The van der Waals surface area contributed by atoms with E-state index in [0.29, 0.717) is 11.7 Å². The highest BCUT2D eigenvalue weighted by Gasteiger charge is 2.24. The highest BCUT2D eigenvalue weighted by molar-refractivity contribution is 5.99. The number of carbonyl (C=O) groups is 1. The van der Waals surface area contributed by atoms with E-state index in [4.69, 9.17) is 0 Å². The molecular formula is C31H44FN3O. The van der Waals surface area contributed by atoms with Gasteiger partial charge in [0.2, 0.25) is 0 Å². The fourth-order valence-electron chi connectivity index (χ4n) is 5.26. The molecule has 1 aromatic carbocycles. The molecule has 0 radical (unpaired) electrons. The van der Waals surface area contributed by atoms with E-state index < -0.39 is 0 Å². The minimum absolute atomic E-state index is 0.0857. The van der Waals surface area contributed by atoms with Crippen LogP contribution in [-0.2, 0) is 0 Å². The lowest BCUT2D eigenvalue weighted by atomic mass is 9.84. The number of nitrogens with one attached hydrogen (secondary N) is 1. The standard InChI is InChI=1S/C31H44FN3O/c1-7-23(4)20-31(32)24(5)33-27-10-8-26(9-11-27)14-15-34-16-18-35(19-17-34)28-12-13-29(25(6)36)30(21-28)22(2)3/h7,12-13,20-21,26-27,33H,2,5,8-11,14-19H2,1,3-4,6H3/b23-7-,31-20+. The van der Waals surface area contributed by atoms with Crippen molar-refractivity contribution in [2.45, 2.75) is 65.8 Å². The molecule has 1 heterocycles. The quantitative estimate of drug-likeness (QED) is 0.284. The highest BCUT2D eigenvalue weighted by atomic mass is 19.1. The van der Waals surface area contributed by atoms with E-state index in [9.17, 15) is 9.18 Å². The maximum atomic E-state index is 14.3. The molecule has 0 spiro atoms. The van der Waals surface area contributed by atoms with Gasteiger partial charge in [-0.3, -0.25) is 9.69 Å². The number of ketones is 1. The Hall–Kier alpha value is -2.66. The smallest absolute Gasteiger partial charge is 0.160 e. The molecule has 0 bridgehead atoms. The lowest BCUT2D eigenvalue weighted by molar-refractivity contribution is 0.101. The lowest BCUT2D eigenvalue weighted by Gasteiger charge is -2.37. The molecule has 0 aromatic heterocycles. The maximum absolute atomic E-state index is 14.3. The lowest BCUT2D eigenvalue weighted by Crippen LogP contribution is -2.47. The van der Waals surface area contributed by atoms with Crippen LogP contribution in [-0.4, -0.2) is 49.4 Å². The van der Waals surface area contributed by atoms with Gasteiger partial charge in [0.05, 0.1) is 5.70 Å². The first-order valence-electron chi connectivity index (χ1n) is 13.4. The molecular weight excluding hydrogens is 449 g/mol. The number of anilines is 1. The fourth-order valence-corrected chi connectivity index (χ4v) is 5.26. The van der Waals surface area contributed by atoms with Crippen LogP contribution in [0.4, 0.5) is 10.1 Å². The molecule has 1 aliphatic carbocycles. The van der Waals surface area contributed by atoms with Crippen molar-refractivity contribution < 1.29 is 9.18 Å². The van der Waals surface area contributed by atoms with Gasteiger partial charge in [-0.1, -0.05) is 30.4 Å². The Morgan fingerprint density at radius 1 is 1.06 bits per heavy atom.